The number of carbonyl (C=O) groups excluding carboxylic acids is 1. The van der Waals surface area contributed by atoms with E-state index in [1.54, 1.807) is 42.5 Å². The molecule has 150 valence electrons. The van der Waals surface area contributed by atoms with E-state index < -0.39 is 16.1 Å². The molecule has 0 saturated heterocycles. The van der Waals surface area contributed by atoms with Gasteiger partial charge in [-0.05, 0) is 43.3 Å². The van der Waals surface area contributed by atoms with Crippen LogP contribution in [0, 0.1) is 6.92 Å². The van der Waals surface area contributed by atoms with E-state index in [4.69, 9.17) is 8.92 Å². The Balaban J connectivity index is 1.66. The largest absolute Gasteiger partial charge is 0.402 e. The molecule has 3 aromatic rings. The molecule has 0 N–H and O–H groups in total. The fraction of sp³-hybridized carbons (Fsp3) is 0.0435. The molecular formula is C23H17NO5S. The quantitative estimate of drug-likeness (QED) is 0.353. The first-order valence-electron chi connectivity index (χ1n) is 9.10. The third kappa shape index (κ3) is 4.16. The molecule has 0 unspecified atom stereocenters. The first-order valence-corrected chi connectivity index (χ1v) is 10.5. The van der Waals surface area contributed by atoms with Crippen molar-refractivity contribution < 1.29 is 22.1 Å². The molecule has 7 heteroatoms. The van der Waals surface area contributed by atoms with Crippen LogP contribution in [0.4, 0.5) is 0 Å². The first kappa shape index (κ1) is 19.6. The van der Waals surface area contributed by atoms with Crippen LogP contribution in [0.3, 0.4) is 0 Å². The number of carbonyl (C=O) groups is 1. The van der Waals surface area contributed by atoms with Crippen LogP contribution in [-0.4, -0.2) is 20.3 Å². The predicted molar refractivity (Wildman–Crippen MR) is 112 cm³/mol. The number of ether oxygens (including phenoxy) is 1. The monoisotopic (exact) mass is 419 g/mol. The van der Waals surface area contributed by atoms with Crippen molar-refractivity contribution in [1.29, 1.82) is 0 Å². The first-order chi connectivity index (χ1) is 14.4. The Morgan fingerprint density at radius 3 is 2.30 bits per heavy atom. The summed E-state index contributed by atoms with van der Waals surface area (Å²) in [6.45, 7) is 1.86. The molecule has 0 atom stereocenters. The topological polar surface area (TPSA) is 82.0 Å². The maximum absolute atomic E-state index is 12.6. The number of aliphatic imine (C=N–C) groups is 1. The number of hydrogen-bond acceptors (Lipinski definition) is 6. The lowest BCUT2D eigenvalue weighted by atomic mass is 10.1. The smallest absolute Gasteiger partial charge is 0.363 e. The molecule has 1 aliphatic heterocycles. The summed E-state index contributed by atoms with van der Waals surface area (Å²) in [5.74, 6) is -0.343. The van der Waals surface area contributed by atoms with Crippen molar-refractivity contribution in [3.05, 3.63) is 101 Å². The molecular weight excluding hydrogens is 402 g/mol. The lowest BCUT2D eigenvalue weighted by Gasteiger charge is -2.09. The summed E-state index contributed by atoms with van der Waals surface area (Å²) in [7, 11) is -4.03. The summed E-state index contributed by atoms with van der Waals surface area (Å²) in [4.78, 5) is 16.5. The second-order valence-electron chi connectivity index (χ2n) is 6.59. The Hall–Kier alpha value is -3.71. The highest BCUT2D eigenvalue weighted by Gasteiger charge is 2.25. The summed E-state index contributed by atoms with van der Waals surface area (Å²) < 4.78 is 35.9. The van der Waals surface area contributed by atoms with Crippen LogP contribution >= 0.6 is 0 Å². The molecule has 30 heavy (non-hydrogen) atoms. The van der Waals surface area contributed by atoms with E-state index in [-0.39, 0.29) is 22.2 Å². The van der Waals surface area contributed by atoms with Crippen molar-refractivity contribution in [2.45, 2.75) is 11.8 Å². The van der Waals surface area contributed by atoms with Crippen molar-refractivity contribution >= 4 is 28.1 Å². The molecule has 0 amide bonds. The number of nitrogens with zero attached hydrogens (tertiary/aromatic N) is 1. The van der Waals surface area contributed by atoms with E-state index in [9.17, 15) is 13.2 Å². The van der Waals surface area contributed by atoms with Gasteiger partial charge in [0.05, 0.1) is 0 Å². The minimum Gasteiger partial charge on any atom is -0.402 e. The molecule has 1 aliphatic rings. The van der Waals surface area contributed by atoms with Crippen LogP contribution in [0.1, 0.15) is 16.7 Å². The SMILES string of the molecule is Cc1ccc(S(=O)(=O)Oc2ccccc2/C=C2\N=C(c3ccccc3)OC2=O)cc1. The van der Waals surface area contributed by atoms with Crippen LogP contribution in [0.25, 0.3) is 6.08 Å². The lowest BCUT2D eigenvalue weighted by molar-refractivity contribution is -0.129. The molecule has 0 aromatic heterocycles. The number of cyclic esters (lactones) is 1. The van der Waals surface area contributed by atoms with E-state index in [1.807, 2.05) is 25.1 Å². The molecule has 6 nitrogen and oxygen atoms in total. The van der Waals surface area contributed by atoms with E-state index in [2.05, 4.69) is 4.99 Å². The Morgan fingerprint density at radius 2 is 1.57 bits per heavy atom. The van der Waals surface area contributed by atoms with Gasteiger partial charge in [-0.25, -0.2) is 9.79 Å². The minimum absolute atomic E-state index is 0.0419. The van der Waals surface area contributed by atoms with Gasteiger partial charge in [0.15, 0.2) is 5.70 Å². The van der Waals surface area contributed by atoms with E-state index in [0.29, 0.717) is 11.1 Å². The number of hydrogen-bond donors (Lipinski definition) is 0. The highest BCUT2D eigenvalue weighted by molar-refractivity contribution is 7.87. The van der Waals surface area contributed by atoms with Crippen LogP contribution in [0.2, 0.25) is 0 Å². The predicted octanol–water partition coefficient (Wildman–Crippen LogP) is 4.11. The maximum Gasteiger partial charge on any atom is 0.363 e. The molecule has 4 rings (SSSR count). The highest BCUT2D eigenvalue weighted by atomic mass is 32.2. The average molecular weight is 419 g/mol. The van der Waals surface area contributed by atoms with Gasteiger partial charge < -0.3 is 8.92 Å². The van der Waals surface area contributed by atoms with Crippen LogP contribution in [0.15, 0.2) is 94.4 Å². The van der Waals surface area contributed by atoms with Crippen molar-refractivity contribution in [1.82, 2.24) is 0 Å². The summed E-state index contributed by atoms with van der Waals surface area (Å²) in [6.07, 6.45) is 1.44. The highest BCUT2D eigenvalue weighted by Crippen LogP contribution is 2.27. The molecule has 0 spiro atoms. The molecule has 0 fully saturated rings. The second kappa shape index (κ2) is 7.96. The van der Waals surface area contributed by atoms with E-state index >= 15 is 0 Å². The number of aryl methyl sites for hydroxylation is 1. The Kier molecular flexibility index (Phi) is 5.20. The summed E-state index contributed by atoms with van der Waals surface area (Å²) in [5.41, 5.74) is 2.04. The zero-order chi connectivity index (χ0) is 21.1. The Morgan fingerprint density at radius 1 is 0.900 bits per heavy atom. The molecule has 0 aliphatic carbocycles. The molecule has 3 aromatic carbocycles. The van der Waals surface area contributed by atoms with Crippen molar-refractivity contribution in [3.63, 3.8) is 0 Å². The van der Waals surface area contributed by atoms with Gasteiger partial charge in [-0.2, -0.15) is 8.42 Å². The van der Waals surface area contributed by atoms with Gasteiger partial charge in [0.25, 0.3) is 0 Å². The zero-order valence-electron chi connectivity index (χ0n) is 16.0. The van der Waals surface area contributed by atoms with Crippen molar-refractivity contribution in [2.24, 2.45) is 4.99 Å². The minimum atomic E-state index is -4.03. The van der Waals surface area contributed by atoms with E-state index in [1.165, 1.54) is 24.3 Å². The number of esters is 1. The van der Waals surface area contributed by atoms with Crippen LogP contribution < -0.4 is 4.18 Å². The van der Waals surface area contributed by atoms with Crippen molar-refractivity contribution in [2.75, 3.05) is 0 Å². The summed E-state index contributed by atoms with van der Waals surface area (Å²) in [6, 6.07) is 21.9. The number of benzene rings is 3. The zero-order valence-corrected chi connectivity index (χ0v) is 16.8. The van der Waals surface area contributed by atoms with Crippen LogP contribution in [0.5, 0.6) is 5.75 Å². The summed E-state index contributed by atoms with van der Waals surface area (Å²) in [5, 5.41) is 0. The van der Waals surface area contributed by atoms with Gasteiger partial charge in [0.2, 0.25) is 5.90 Å². The van der Waals surface area contributed by atoms with E-state index in [0.717, 1.165) is 5.56 Å². The maximum atomic E-state index is 12.6. The normalized spacial score (nSPS) is 15.0. The van der Waals surface area contributed by atoms with Gasteiger partial charge in [-0.15, -0.1) is 0 Å². The fourth-order valence-corrected chi connectivity index (χ4v) is 3.76. The van der Waals surface area contributed by atoms with Gasteiger partial charge in [-0.3, -0.25) is 0 Å². The third-order valence-corrected chi connectivity index (χ3v) is 5.61. The second-order valence-corrected chi connectivity index (χ2v) is 8.14. The fourth-order valence-electron chi connectivity index (χ4n) is 2.81. The van der Waals surface area contributed by atoms with Gasteiger partial charge in [-0.1, -0.05) is 54.1 Å². The lowest BCUT2D eigenvalue weighted by Crippen LogP contribution is -2.10. The molecule has 1 heterocycles. The Bertz CT molecular complexity index is 1260. The third-order valence-electron chi connectivity index (χ3n) is 4.36. The van der Waals surface area contributed by atoms with Crippen molar-refractivity contribution in [3.8, 4) is 5.75 Å². The van der Waals surface area contributed by atoms with Gasteiger partial charge in [0.1, 0.15) is 10.6 Å². The number of para-hydroxylation sites is 1. The van der Waals surface area contributed by atoms with Crippen LogP contribution in [-0.2, 0) is 19.6 Å². The summed E-state index contributed by atoms with van der Waals surface area (Å²) >= 11 is 0. The molecule has 0 bridgehead atoms. The number of rotatable bonds is 5. The molecule has 0 saturated carbocycles. The van der Waals surface area contributed by atoms with Gasteiger partial charge >= 0.3 is 16.1 Å². The Labute approximate surface area is 174 Å². The van der Waals surface area contributed by atoms with Gasteiger partial charge in [0, 0.05) is 11.1 Å². The average Bonchev–Trinajstić information content (AvgIpc) is 3.11. The standard InChI is InChI=1S/C23H17NO5S/c1-16-11-13-19(14-12-16)30(26,27)29-21-10-6-5-9-18(21)15-20-23(25)28-22(24-20)17-7-3-2-4-8-17/h2-15H,1H3/b20-15-. The molecule has 0 radical (unpaired) electrons.